The smallest absolute Gasteiger partial charge is 0.338 e. The van der Waals surface area contributed by atoms with E-state index in [-0.39, 0.29) is 0 Å². The van der Waals surface area contributed by atoms with Crippen LogP contribution in [-0.2, 0) is 16.1 Å². The Morgan fingerprint density at radius 2 is 1.63 bits per heavy atom. The van der Waals surface area contributed by atoms with Crippen LogP contribution in [0.1, 0.15) is 28.4 Å². The second kappa shape index (κ2) is 9.89. The first-order chi connectivity index (χ1) is 14.5. The lowest BCUT2D eigenvalue weighted by molar-refractivity contribution is -0.123. The lowest BCUT2D eigenvalue weighted by atomic mass is 10.2. The van der Waals surface area contributed by atoms with Crippen molar-refractivity contribution >= 4 is 17.6 Å². The molecule has 0 bridgehead atoms. The summed E-state index contributed by atoms with van der Waals surface area (Å²) in [5.41, 5.74) is 2.37. The first kappa shape index (κ1) is 20.6. The minimum Gasteiger partial charge on any atom is -0.489 e. The topological polar surface area (TPSA) is 88.4 Å². The van der Waals surface area contributed by atoms with E-state index in [1.54, 1.807) is 48.5 Å². The van der Waals surface area contributed by atoms with Crippen LogP contribution in [0.5, 0.6) is 5.75 Å². The number of rotatable bonds is 7. The highest BCUT2D eigenvalue weighted by atomic mass is 16.5. The average Bonchev–Trinajstić information content (AvgIpc) is 2.79. The van der Waals surface area contributed by atoms with Crippen LogP contribution in [0.2, 0.25) is 0 Å². The summed E-state index contributed by atoms with van der Waals surface area (Å²) in [4.78, 5) is 24.5. The lowest BCUT2D eigenvalue weighted by Crippen LogP contribution is -2.30. The van der Waals surface area contributed by atoms with Crippen LogP contribution in [0, 0.1) is 11.3 Å². The van der Waals surface area contributed by atoms with Crippen molar-refractivity contribution < 1.29 is 19.1 Å². The molecule has 3 aromatic carbocycles. The van der Waals surface area contributed by atoms with Crippen LogP contribution < -0.4 is 10.1 Å². The molecule has 6 heteroatoms. The number of hydrogen-bond acceptors (Lipinski definition) is 5. The zero-order valence-electron chi connectivity index (χ0n) is 16.4. The van der Waals surface area contributed by atoms with Crippen molar-refractivity contribution in [1.29, 1.82) is 5.26 Å². The van der Waals surface area contributed by atoms with Gasteiger partial charge in [0.1, 0.15) is 12.4 Å². The Morgan fingerprint density at radius 1 is 0.967 bits per heavy atom. The number of nitrogens with zero attached hydrogens (tertiary/aromatic N) is 1. The highest BCUT2D eigenvalue weighted by Gasteiger charge is 2.19. The van der Waals surface area contributed by atoms with Crippen LogP contribution in [-0.4, -0.2) is 18.0 Å². The van der Waals surface area contributed by atoms with E-state index in [1.165, 1.54) is 6.92 Å². The Labute approximate surface area is 174 Å². The van der Waals surface area contributed by atoms with Crippen molar-refractivity contribution in [2.45, 2.75) is 19.6 Å². The minimum absolute atomic E-state index is 0.320. The standard InChI is InChI=1S/C24H20N2O4/c1-17(23(27)26-21-11-7-18(15-25)8-12-21)30-24(28)20-9-13-22(14-10-20)29-16-19-5-3-2-4-6-19/h2-14,17H,16H2,1H3,(H,26,27)/t17-/m1/s1. The molecule has 1 atom stereocenters. The first-order valence-electron chi connectivity index (χ1n) is 9.34. The Kier molecular flexibility index (Phi) is 6.80. The molecule has 0 radical (unpaired) electrons. The van der Waals surface area contributed by atoms with E-state index in [0.29, 0.717) is 29.2 Å². The van der Waals surface area contributed by atoms with Gasteiger partial charge in [-0.15, -0.1) is 0 Å². The molecular weight excluding hydrogens is 380 g/mol. The quantitative estimate of drug-likeness (QED) is 0.597. The third-order valence-corrected chi connectivity index (χ3v) is 4.27. The Bertz CT molecular complexity index is 1040. The second-order valence-corrected chi connectivity index (χ2v) is 6.52. The average molecular weight is 400 g/mol. The van der Waals surface area contributed by atoms with Gasteiger partial charge in [-0.1, -0.05) is 30.3 Å². The van der Waals surface area contributed by atoms with E-state index in [1.807, 2.05) is 36.4 Å². The van der Waals surface area contributed by atoms with Gasteiger partial charge in [0.2, 0.25) is 0 Å². The summed E-state index contributed by atoms with van der Waals surface area (Å²) >= 11 is 0. The monoisotopic (exact) mass is 400 g/mol. The molecule has 0 fully saturated rings. The molecule has 1 N–H and O–H groups in total. The van der Waals surface area contributed by atoms with Crippen molar-refractivity contribution in [3.05, 3.63) is 95.6 Å². The van der Waals surface area contributed by atoms with Crippen LogP contribution in [0.25, 0.3) is 0 Å². The fraction of sp³-hybridized carbons (Fsp3) is 0.125. The summed E-state index contributed by atoms with van der Waals surface area (Å²) in [5.74, 6) is -0.440. The molecule has 0 aliphatic rings. The SMILES string of the molecule is C[C@@H](OC(=O)c1ccc(OCc2ccccc2)cc1)C(=O)Nc1ccc(C#N)cc1. The van der Waals surface area contributed by atoms with Gasteiger partial charge >= 0.3 is 5.97 Å². The largest absolute Gasteiger partial charge is 0.489 e. The van der Waals surface area contributed by atoms with Crippen LogP contribution in [0.15, 0.2) is 78.9 Å². The third kappa shape index (κ3) is 5.69. The minimum atomic E-state index is -0.984. The molecule has 0 aromatic heterocycles. The molecule has 1 amide bonds. The summed E-state index contributed by atoms with van der Waals surface area (Å²) in [5, 5.41) is 11.4. The maximum atomic E-state index is 12.3. The Balaban J connectivity index is 1.51. The van der Waals surface area contributed by atoms with Crippen molar-refractivity contribution in [2.24, 2.45) is 0 Å². The van der Waals surface area contributed by atoms with Crippen molar-refractivity contribution in [3.63, 3.8) is 0 Å². The van der Waals surface area contributed by atoms with E-state index in [0.717, 1.165) is 5.56 Å². The molecule has 0 heterocycles. The number of hydrogen-bond donors (Lipinski definition) is 1. The number of esters is 1. The number of benzene rings is 3. The molecule has 0 unspecified atom stereocenters. The first-order valence-corrected chi connectivity index (χ1v) is 9.34. The molecule has 30 heavy (non-hydrogen) atoms. The maximum absolute atomic E-state index is 12.3. The molecule has 0 saturated carbocycles. The fourth-order valence-corrected chi connectivity index (χ4v) is 2.58. The van der Waals surface area contributed by atoms with Crippen molar-refractivity contribution in [1.82, 2.24) is 0 Å². The number of nitriles is 1. The van der Waals surface area contributed by atoms with Crippen molar-refractivity contribution in [3.8, 4) is 11.8 Å². The zero-order valence-corrected chi connectivity index (χ0v) is 16.4. The van der Waals surface area contributed by atoms with Gasteiger partial charge in [-0.3, -0.25) is 4.79 Å². The maximum Gasteiger partial charge on any atom is 0.338 e. The molecule has 0 saturated heterocycles. The van der Waals surface area contributed by atoms with Crippen LogP contribution >= 0.6 is 0 Å². The Morgan fingerprint density at radius 3 is 2.27 bits per heavy atom. The molecule has 0 aliphatic carbocycles. The summed E-state index contributed by atoms with van der Waals surface area (Å²) < 4.78 is 10.9. The number of ether oxygens (including phenoxy) is 2. The Hall–Kier alpha value is -4.11. The van der Waals surface area contributed by atoms with Gasteiger partial charge in [0.05, 0.1) is 17.2 Å². The third-order valence-electron chi connectivity index (χ3n) is 4.27. The molecular formula is C24H20N2O4. The molecule has 0 aliphatic heterocycles. The summed E-state index contributed by atoms with van der Waals surface area (Å²) in [6.07, 6.45) is -0.984. The molecule has 3 aromatic rings. The summed E-state index contributed by atoms with van der Waals surface area (Å²) in [7, 11) is 0. The van der Waals surface area contributed by atoms with Gasteiger partial charge in [-0.2, -0.15) is 5.26 Å². The predicted octanol–water partition coefficient (Wildman–Crippen LogP) is 4.32. The lowest BCUT2D eigenvalue weighted by Gasteiger charge is -2.14. The van der Waals surface area contributed by atoms with Gasteiger partial charge in [-0.05, 0) is 61.0 Å². The van der Waals surface area contributed by atoms with Gasteiger partial charge in [0.25, 0.3) is 5.91 Å². The highest BCUT2D eigenvalue weighted by Crippen LogP contribution is 2.16. The van der Waals surface area contributed by atoms with Crippen molar-refractivity contribution in [2.75, 3.05) is 5.32 Å². The number of nitrogens with one attached hydrogen (secondary N) is 1. The fourth-order valence-electron chi connectivity index (χ4n) is 2.58. The molecule has 0 spiro atoms. The van der Waals surface area contributed by atoms with E-state index >= 15 is 0 Å². The molecule has 3 rings (SSSR count). The predicted molar refractivity (Wildman–Crippen MR) is 112 cm³/mol. The van der Waals surface area contributed by atoms with Gasteiger partial charge < -0.3 is 14.8 Å². The normalized spacial score (nSPS) is 11.1. The van der Waals surface area contributed by atoms with Gasteiger partial charge in [0, 0.05) is 5.69 Å². The molecule has 150 valence electrons. The van der Waals surface area contributed by atoms with E-state index in [9.17, 15) is 9.59 Å². The highest BCUT2D eigenvalue weighted by molar-refractivity contribution is 5.97. The van der Waals surface area contributed by atoms with Gasteiger partial charge in [0.15, 0.2) is 6.10 Å². The van der Waals surface area contributed by atoms with E-state index < -0.39 is 18.0 Å². The number of anilines is 1. The number of amides is 1. The van der Waals surface area contributed by atoms with Crippen LogP contribution in [0.4, 0.5) is 5.69 Å². The van der Waals surface area contributed by atoms with E-state index in [2.05, 4.69) is 5.32 Å². The summed E-state index contributed by atoms with van der Waals surface area (Å²) in [6.45, 7) is 1.92. The molecule has 6 nitrogen and oxygen atoms in total. The van der Waals surface area contributed by atoms with Gasteiger partial charge in [-0.25, -0.2) is 4.79 Å². The van der Waals surface area contributed by atoms with Crippen LogP contribution in [0.3, 0.4) is 0 Å². The number of carbonyl (C=O) groups excluding carboxylic acids is 2. The van der Waals surface area contributed by atoms with E-state index in [4.69, 9.17) is 14.7 Å². The number of carbonyl (C=O) groups is 2. The second-order valence-electron chi connectivity index (χ2n) is 6.52. The summed E-state index contributed by atoms with van der Waals surface area (Å²) in [6, 6.07) is 24.7. The zero-order chi connectivity index (χ0) is 21.3.